The highest BCUT2D eigenvalue weighted by Gasteiger charge is 2.32. The lowest BCUT2D eigenvalue weighted by Gasteiger charge is -2.29. The monoisotopic (exact) mass is 578 g/mol. The summed E-state index contributed by atoms with van der Waals surface area (Å²) in [5.74, 6) is 1.60. The van der Waals surface area contributed by atoms with Gasteiger partial charge in [0.15, 0.2) is 0 Å². The van der Waals surface area contributed by atoms with E-state index in [1.807, 2.05) is 24.3 Å². The van der Waals surface area contributed by atoms with E-state index in [9.17, 15) is 18.6 Å². The molecule has 0 amide bonds. The van der Waals surface area contributed by atoms with Crippen molar-refractivity contribution in [2.45, 2.75) is 162 Å². The van der Waals surface area contributed by atoms with Gasteiger partial charge in [0.05, 0.1) is 9.79 Å². The summed E-state index contributed by atoms with van der Waals surface area (Å²) in [5.41, 5.74) is 3.41. The predicted molar refractivity (Wildman–Crippen MR) is 165 cm³/mol. The minimum absolute atomic E-state index is 0.219. The molecule has 4 fully saturated rings. The average Bonchev–Trinajstić information content (AvgIpc) is 3.03. The number of benzene rings is 2. The number of phenolic OH excluding ortho intramolecular Hbond substituents is 2. The maximum Gasteiger partial charge on any atom is 0.206 e. The summed E-state index contributed by atoms with van der Waals surface area (Å²) in [6, 6.07) is 7.28. The van der Waals surface area contributed by atoms with Crippen LogP contribution in [0.15, 0.2) is 34.1 Å². The van der Waals surface area contributed by atoms with Gasteiger partial charge in [0.1, 0.15) is 11.5 Å². The molecule has 0 saturated heterocycles. The number of hydrogen-bond acceptors (Lipinski definition) is 4. The topological polar surface area (TPSA) is 74.6 Å². The molecule has 4 saturated carbocycles. The Morgan fingerprint density at radius 1 is 0.415 bits per heavy atom. The number of sulfone groups is 1. The average molecular weight is 579 g/mol. The zero-order chi connectivity index (χ0) is 28.4. The van der Waals surface area contributed by atoms with Crippen LogP contribution in [-0.4, -0.2) is 18.6 Å². The SMILES string of the molecule is O=S(=O)(c1cc(C2CCCCC2)c(O)c(C2CCCCC2)c1)c1cc(C2CCCCC2)c(O)c(C2CCCCC2)c1. The summed E-state index contributed by atoms with van der Waals surface area (Å²) in [6.45, 7) is 0. The van der Waals surface area contributed by atoms with Crippen molar-refractivity contribution in [3.8, 4) is 11.5 Å². The van der Waals surface area contributed by atoms with Gasteiger partial charge in [-0.15, -0.1) is 0 Å². The van der Waals surface area contributed by atoms with E-state index in [2.05, 4.69) is 0 Å². The Balaban J connectivity index is 1.48. The molecule has 0 unspecified atom stereocenters. The number of hydrogen-bond donors (Lipinski definition) is 2. The van der Waals surface area contributed by atoms with Gasteiger partial charge in [-0.1, -0.05) is 77.0 Å². The van der Waals surface area contributed by atoms with Crippen LogP contribution in [0.3, 0.4) is 0 Å². The Kier molecular flexibility index (Phi) is 9.00. The van der Waals surface area contributed by atoms with E-state index in [1.165, 1.54) is 25.7 Å². The molecule has 4 aliphatic rings. The maximum atomic E-state index is 14.6. The van der Waals surface area contributed by atoms with E-state index in [-0.39, 0.29) is 23.7 Å². The minimum atomic E-state index is -3.84. The quantitative estimate of drug-likeness (QED) is 0.358. The Hall–Kier alpha value is -2.01. The molecule has 2 N–H and O–H groups in total. The van der Waals surface area contributed by atoms with Gasteiger partial charge < -0.3 is 10.2 Å². The van der Waals surface area contributed by atoms with Gasteiger partial charge in [-0.25, -0.2) is 8.42 Å². The highest BCUT2D eigenvalue weighted by Crippen LogP contribution is 2.48. The lowest BCUT2D eigenvalue weighted by Crippen LogP contribution is -2.14. The van der Waals surface area contributed by atoms with Crippen LogP contribution in [0, 0.1) is 0 Å². The van der Waals surface area contributed by atoms with E-state index >= 15 is 0 Å². The summed E-state index contributed by atoms with van der Waals surface area (Å²) in [5, 5.41) is 23.2. The lowest BCUT2D eigenvalue weighted by molar-refractivity contribution is 0.391. The molecular formula is C36H50O4S. The molecule has 0 atom stereocenters. The molecule has 0 bridgehead atoms. The van der Waals surface area contributed by atoms with Crippen LogP contribution in [0.4, 0.5) is 0 Å². The van der Waals surface area contributed by atoms with Crippen LogP contribution in [0.1, 0.15) is 174 Å². The molecule has 0 aliphatic heterocycles. The van der Waals surface area contributed by atoms with Gasteiger partial charge in [-0.05, 0) is 122 Å². The normalized spacial score (nSPS) is 22.6. The first kappa shape index (κ1) is 29.1. The van der Waals surface area contributed by atoms with Crippen molar-refractivity contribution in [3.05, 3.63) is 46.5 Å². The molecule has 0 radical (unpaired) electrons. The zero-order valence-electron chi connectivity index (χ0n) is 24.9. The van der Waals surface area contributed by atoms with Crippen molar-refractivity contribution < 1.29 is 18.6 Å². The predicted octanol–water partition coefficient (Wildman–Crippen LogP) is 10.1. The Morgan fingerprint density at radius 3 is 0.854 bits per heavy atom. The third-order valence-corrected chi connectivity index (χ3v) is 12.8. The van der Waals surface area contributed by atoms with E-state index < -0.39 is 9.84 Å². The first-order chi connectivity index (χ1) is 19.9. The summed E-state index contributed by atoms with van der Waals surface area (Å²) in [7, 11) is -3.84. The Labute approximate surface area is 247 Å². The van der Waals surface area contributed by atoms with E-state index in [0.717, 1.165) is 125 Å². The molecule has 224 valence electrons. The summed E-state index contributed by atoms with van der Waals surface area (Å²) < 4.78 is 29.3. The van der Waals surface area contributed by atoms with Crippen LogP contribution < -0.4 is 0 Å². The fourth-order valence-electron chi connectivity index (χ4n) is 8.65. The van der Waals surface area contributed by atoms with Crippen molar-refractivity contribution in [3.63, 3.8) is 0 Å². The minimum Gasteiger partial charge on any atom is -0.507 e. The van der Waals surface area contributed by atoms with Crippen LogP contribution in [-0.2, 0) is 9.84 Å². The second-order valence-electron chi connectivity index (χ2n) is 13.7. The van der Waals surface area contributed by atoms with Crippen LogP contribution in [0.2, 0.25) is 0 Å². The first-order valence-electron chi connectivity index (χ1n) is 16.9. The lowest BCUT2D eigenvalue weighted by atomic mass is 9.79. The van der Waals surface area contributed by atoms with Gasteiger partial charge in [0.25, 0.3) is 0 Å². The highest BCUT2D eigenvalue weighted by atomic mass is 32.2. The summed E-state index contributed by atoms with van der Waals surface area (Å²) >= 11 is 0. The van der Waals surface area contributed by atoms with Crippen molar-refractivity contribution >= 4 is 9.84 Å². The van der Waals surface area contributed by atoms with Gasteiger partial charge >= 0.3 is 0 Å². The maximum absolute atomic E-state index is 14.6. The summed E-state index contributed by atoms with van der Waals surface area (Å²) in [4.78, 5) is 0.678. The van der Waals surface area contributed by atoms with Gasteiger partial charge in [0, 0.05) is 0 Å². The molecule has 6 rings (SSSR count). The van der Waals surface area contributed by atoms with E-state index in [4.69, 9.17) is 0 Å². The van der Waals surface area contributed by atoms with Gasteiger partial charge in [0.2, 0.25) is 9.84 Å². The standard InChI is InChI=1S/C36H50O4S/c37-35-31(25-13-5-1-6-14-25)21-29(22-32(35)26-15-7-2-8-16-26)41(39,40)30-23-33(27-17-9-3-10-18-27)36(38)34(24-30)28-19-11-4-12-20-28/h21-28,37-38H,1-20H2. The Bertz CT molecular complexity index is 1130. The second kappa shape index (κ2) is 12.7. The van der Waals surface area contributed by atoms with Crippen molar-refractivity contribution in [2.75, 3.05) is 0 Å². The first-order valence-corrected chi connectivity index (χ1v) is 18.4. The van der Waals surface area contributed by atoms with Crippen molar-refractivity contribution in [1.29, 1.82) is 0 Å². The molecule has 0 aromatic heterocycles. The fourth-order valence-corrected chi connectivity index (χ4v) is 10.0. The molecular weight excluding hydrogens is 528 g/mol. The van der Waals surface area contributed by atoms with Crippen LogP contribution in [0.25, 0.3) is 0 Å². The largest absolute Gasteiger partial charge is 0.507 e. The zero-order valence-corrected chi connectivity index (χ0v) is 25.7. The molecule has 4 aliphatic carbocycles. The molecule has 41 heavy (non-hydrogen) atoms. The summed E-state index contributed by atoms with van der Waals surface area (Å²) in [6.07, 6.45) is 22.0. The highest BCUT2D eigenvalue weighted by molar-refractivity contribution is 7.91. The van der Waals surface area contributed by atoms with Crippen molar-refractivity contribution in [2.24, 2.45) is 0 Å². The van der Waals surface area contributed by atoms with Gasteiger partial charge in [-0.2, -0.15) is 0 Å². The molecule has 0 heterocycles. The molecule has 4 nitrogen and oxygen atoms in total. The Morgan fingerprint density at radius 2 is 0.634 bits per heavy atom. The van der Waals surface area contributed by atoms with E-state index in [0.29, 0.717) is 21.3 Å². The molecule has 5 heteroatoms. The van der Waals surface area contributed by atoms with E-state index in [1.54, 1.807) is 0 Å². The second-order valence-corrected chi connectivity index (χ2v) is 15.7. The van der Waals surface area contributed by atoms with Gasteiger partial charge in [-0.3, -0.25) is 0 Å². The van der Waals surface area contributed by atoms with Crippen LogP contribution >= 0.6 is 0 Å². The third-order valence-electron chi connectivity index (χ3n) is 11.1. The number of rotatable bonds is 6. The smallest absolute Gasteiger partial charge is 0.206 e. The van der Waals surface area contributed by atoms with Crippen LogP contribution in [0.5, 0.6) is 11.5 Å². The number of aromatic hydroxyl groups is 2. The third kappa shape index (κ3) is 6.08. The molecule has 2 aromatic rings. The fraction of sp³-hybridized carbons (Fsp3) is 0.667. The molecule has 2 aromatic carbocycles. The van der Waals surface area contributed by atoms with Crippen molar-refractivity contribution in [1.82, 2.24) is 0 Å². The number of phenols is 2. The molecule has 0 spiro atoms.